The van der Waals surface area contributed by atoms with E-state index >= 15 is 0 Å². The van der Waals surface area contributed by atoms with Crippen LogP contribution in [0.3, 0.4) is 0 Å². The van der Waals surface area contributed by atoms with Crippen molar-refractivity contribution in [2.24, 2.45) is 0 Å². The molecule has 2 radical (unpaired) electrons. The average Bonchev–Trinajstić information content (AvgIpc) is 1.50. The van der Waals surface area contributed by atoms with Gasteiger partial charge in [0, 0.05) is 23.7 Å². The summed E-state index contributed by atoms with van der Waals surface area (Å²) < 4.78 is 0. The van der Waals surface area contributed by atoms with Crippen molar-refractivity contribution >= 4 is 52.3 Å². The topological polar surface area (TPSA) is 0 Å². The molecular weight excluding hydrogens is 721 g/mol. The molecule has 0 aliphatic heterocycles. The summed E-state index contributed by atoms with van der Waals surface area (Å²) in [7, 11) is 0. The Hall–Kier alpha value is 4.84. The Morgan fingerprint density at radius 3 is 0.800 bits per heavy atom. The van der Waals surface area contributed by atoms with E-state index in [1.165, 1.54) is 0 Å². The van der Waals surface area contributed by atoms with Crippen molar-refractivity contribution in [3.05, 3.63) is 0 Å². The summed E-state index contributed by atoms with van der Waals surface area (Å²) in [5.74, 6) is 0. The molecule has 0 N–H and O–H groups in total. The second-order valence-electron chi connectivity index (χ2n) is 0. The van der Waals surface area contributed by atoms with E-state index in [9.17, 15) is 0 Å². The zero-order chi connectivity index (χ0) is 4.00. The van der Waals surface area contributed by atoms with Crippen molar-refractivity contribution in [3.63, 3.8) is 0 Å². The van der Waals surface area contributed by atoms with Crippen LogP contribution in [-0.2, 0) is 0 Å². The Balaban J connectivity index is -0.0000000133. The van der Waals surface area contributed by atoms with Crippen molar-refractivity contribution < 1.29 is 58.4 Å². The van der Waals surface area contributed by atoms with Crippen LogP contribution in [0.1, 0.15) is 0 Å². The van der Waals surface area contributed by atoms with Gasteiger partial charge in [-0.1, -0.05) is 0 Å². The fourth-order valence-corrected chi connectivity index (χ4v) is 0. The molecule has 0 saturated carbocycles. The quantitative estimate of drug-likeness (QED) is 0.278. The molecule has 0 heterocycles. The molecule has 0 atom stereocenters. The summed E-state index contributed by atoms with van der Waals surface area (Å²) in [4.78, 5) is 0. The van der Waals surface area contributed by atoms with Crippen LogP contribution in [-0.4, -0.2) is 52.3 Å². The van der Waals surface area contributed by atoms with E-state index < -0.39 is 0 Å². The number of hydrogen-bond donors (Lipinski definition) is 0. The van der Waals surface area contributed by atoms with E-state index in [4.69, 9.17) is 0 Å². The summed E-state index contributed by atoms with van der Waals surface area (Å²) in [6.45, 7) is 0. The third-order valence-electron chi connectivity index (χ3n) is 0. The molecule has 0 rings (SSSR count). The molecule has 0 fully saturated rings. The first-order valence-corrected chi connectivity index (χ1v) is 11.3. The maximum absolute atomic E-state index is 2.57. The third kappa shape index (κ3) is 17.7. The molecule has 0 unspecified atom stereocenters. The van der Waals surface area contributed by atoms with Crippen LogP contribution in [0.25, 0.3) is 0 Å². The SMILES string of the molecule is [Te].[Te]=[Tm].[Te]=[Tm]. The summed E-state index contributed by atoms with van der Waals surface area (Å²) >= 11 is 8.81. The normalized spacial score (nSPS) is 2.40. The van der Waals surface area contributed by atoms with Gasteiger partial charge in [-0.3, -0.25) is 0 Å². The van der Waals surface area contributed by atoms with Crippen LogP contribution >= 0.6 is 0 Å². The first-order valence-electron chi connectivity index (χ1n) is 0.226. The van der Waals surface area contributed by atoms with Crippen LogP contribution in [0.4, 0.5) is 0 Å². The van der Waals surface area contributed by atoms with E-state index in [2.05, 4.69) is 58.4 Å². The Morgan fingerprint density at radius 2 is 0.800 bits per heavy atom. The van der Waals surface area contributed by atoms with Crippen LogP contribution < -0.4 is 0 Å². The minimum atomic E-state index is 0. The van der Waals surface area contributed by atoms with Gasteiger partial charge >= 0.3 is 87.0 Å². The first-order chi connectivity index (χ1) is 2.00. The molecule has 0 aromatic carbocycles. The van der Waals surface area contributed by atoms with E-state index in [-0.39, 0.29) is 23.7 Å². The van der Waals surface area contributed by atoms with Crippen LogP contribution in [0.15, 0.2) is 0 Å². The molecule has 0 spiro atoms. The second kappa shape index (κ2) is 23.2. The van der Waals surface area contributed by atoms with Crippen molar-refractivity contribution in [2.75, 3.05) is 0 Å². The predicted octanol–water partition coefficient (Wildman–Crippen LogP) is -1.14. The monoisotopic (exact) mass is 728 g/mol. The molecule has 5 heavy (non-hydrogen) atoms. The third-order valence-corrected chi connectivity index (χ3v) is 0. The van der Waals surface area contributed by atoms with Gasteiger partial charge in [-0.05, 0) is 0 Å². The van der Waals surface area contributed by atoms with E-state index in [0.717, 1.165) is 0 Å². The Kier molecular flexibility index (Phi) is 76.2. The minimum absolute atomic E-state index is 0. The van der Waals surface area contributed by atoms with Gasteiger partial charge < -0.3 is 0 Å². The number of hydrogen-bond acceptors (Lipinski definition) is 0. The molecule has 0 aromatic heterocycles. The molecule has 5 heteroatoms. The zero-order valence-corrected chi connectivity index (χ0v) is 12.3. The second-order valence-corrected chi connectivity index (χ2v) is 0. The van der Waals surface area contributed by atoms with Gasteiger partial charge in [0.25, 0.3) is 0 Å². The fraction of sp³-hybridized carbons (Fsp3) is 0. The van der Waals surface area contributed by atoms with Crippen LogP contribution in [0.5, 0.6) is 0 Å². The zero-order valence-electron chi connectivity index (χ0n) is 1.78. The van der Waals surface area contributed by atoms with Crippen LogP contribution in [0.2, 0.25) is 0 Å². The van der Waals surface area contributed by atoms with E-state index in [1.807, 2.05) is 28.6 Å². The predicted molar refractivity (Wildman–Crippen MR) is 17.3 cm³/mol. The molecule has 0 aliphatic rings. The summed E-state index contributed by atoms with van der Waals surface area (Å²) in [5.41, 5.74) is 0. The summed E-state index contributed by atoms with van der Waals surface area (Å²) in [6, 6.07) is 0. The van der Waals surface area contributed by atoms with Crippen molar-refractivity contribution in [3.8, 4) is 0 Å². The summed E-state index contributed by atoms with van der Waals surface area (Å²) in [5, 5.41) is 0. The van der Waals surface area contributed by atoms with Crippen molar-refractivity contribution in [1.29, 1.82) is 0 Å². The van der Waals surface area contributed by atoms with Gasteiger partial charge in [-0.15, -0.1) is 0 Å². The van der Waals surface area contributed by atoms with Crippen LogP contribution in [0, 0.1) is 58.4 Å². The first kappa shape index (κ1) is 16.4. The average molecular weight is 721 g/mol. The summed E-state index contributed by atoms with van der Waals surface area (Å²) in [6.07, 6.45) is 0. The fourth-order valence-electron chi connectivity index (χ4n) is 0. The van der Waals surface area contributed by atoms with E-state index in [1.54, 1.807) is 0 Å². The van der Waals surface area contributed by atoms with Gasteiger partial charge in [0.1, 0.15) is 0 Å². The standard InChI is InChI=1S/3Te.2Tm. The molecule has 0 amide bonds. The molecule has 44 valence electrons. The maximum atomic E-state index is 2.57. The Bertz CT molecular complexity index is 6.85. The Labute approximate surface area is 106 Å². The van der Waals surface area contributed by atoms with Gasteiger partial charge in [-0.25, -0.2) is 0 Å². The van der Waals surface area contributed by atoms with Crippen molar-refractivity contribution in [1.82, 2.24) is 0 Å². The molecule has 0 nitrogen and oxygen atoms in total. The van der Waals surface area contributed by atoms with Crippen molar-refractivity contribution in [2.45, 2.75) is 0 Å². The molecule has 0 bridgehead atoms. The molecule has 0 aromatic rings. The molecule has 0 saturated heterocycles. The van der Waals surface area contributed by atoms with Gasteiger partial charge in [0.05, 0.1) is 0 Å². The Morgan fingerprint density at radius 1 is 0.800 bits per heavy atom. The van der Waals surface area contributed by atoms with Gasteiger partial charge in [0.2, 0.25) is 0 Å². The van der Waals surface area contributed by atoms with Gasteiger partial charge in [-0.2, -0.15) is 0 Å². The van der Waals surface area contributed by atoms with E-state index in [0.29, 0.717) is 0 Å². The molecular formula is Te3Tm2. The number of rotatable bonds is 0. The molecule has 0 aliphatic carbocycles. The van der Waals surface area contributed by atoms with Gasteiger partial charge in [0.15, 0.2) is 0 Å².